The van der Waals surface area contributed by atoms with E-state index < -0.39 is 0 Å². The Morgan fingerprint density at radius 3 is 3.00 bits per heavy atom. The first-order valence-electron chi connectivity index (χ1n) is 5.21. The molecule has 15 heavy (non-hydrogen) atoms. The van der Waals surface area contributed by atoms with E-state index in [1.54, 1.807) is 7.11 Å². The second-order valence-electron chi connectivity index (χ2n) is 3.85. The summed E-state index contributed by atoms with van der Waals surface area (Å²) in [7, 11) is 1.69. The van der Waals surface area contributed by atoms with E-state index in [2.05, 4.69) is 19.1 Å². The van der Waals surface area contributed by atoms with Gasteiger partial charge < -0.3 is 9.47 Å². The molecule has 2 nitrogen and oxygen atoms in total. The second-order valence-corrected chi connectivity index (χ2v) is 3.85. The molecule has 0 aliphatic carbocycles. The quantitative estimate of drug-likeness (QED) is 0.689. The highest BCUT2D eigenvalue weighted by Gasteiger charge is 2.16. The summed E-state index contributed by atoms with van der Waals surface area (Å²) in [5, 5.41) is 0. The van der Waals surface area contributed by atoms with Gasteiger partial charge in [-0.05, 0) is 31.0 Å². The third kappa shape index (κ3) is 2.39. The molecule has 1 heterocycles. The Labute approximate surface area is 90.5 Å². The first-order valence-corrected chi connectivity index (χ1v) is 5.21. The average Bonchev–Trinajstić information content (AvgIpc) is 2.29. The summed E-state index contributed by atoms with van der Waals surface area (Å²) < 4.78 is 10.9. The van der Waals surface area contributed by atoms with Gasteiger partial charge in [0.15, 0.2) is 0 Å². The van der Waals surface area contributed by atoms with Crippen LogP contribution in [0.25, 0.3) is 0 Å². The third-order valence-electron chi connectivity index (χ3n) is 2.70. The molecule has 80 valence electrons. The maximum absolute atomic E-state index is 5.70. The Hall–Kier alpha value is -1.28. The lowest BCUT2D eigenvalue weighted by molar-refractivity contribution is 0.0640. The third-order valence-corrected chi connectivity index (χ3v) is 2.70. The maximum Gasteiger partial charge on any atom is 0.119 e. The monoisotopic (exact) mass is 204 g/mol. The topological polar surface area (TPSA) is 18.5 Å². The van der Waals surface area contributed by atoms with Gasteiger partial charge in [0.05, 0.1) is 19.8 Å². The van der Waals surface area contributed by atoms with Gasteiger partial charge in [0.1, 0.15) is 5.75 Å². The van der Waals surface area contributed by atoms with Crippen LogP contribution in [0.1, 0.15) is 25.0 Å². The van der Waals surface area contributed by atoms with E-state index in [0.29, 0.717) is 6.61 Å². The highest BCUT2D eigenvalue weighted by Crippen LogP contribution is 2.29. The van der Waals surface area contributed by atoms with Crippen molar-refractivity contribution >= 4 is 0 Å². The van der Waals surface area contributed by atoms with Gasteiger partial charge in [-0.15, -0.1) is 0 Å². The van der Waals surface area contributed by atoms with Gasteiger partial charge >= 0.3 is 0 Å². The summed E-state index contributed by atoms with van der Waals surface area (Å²) in [5.41, 5.74) is 2.59. The lowest BCUT2D eigenvalue weighted by atomic mass is 10.00. The molecule has 1 aliphatic heterocycles. The lowest BCUT2D eigenvalue weighted by Gasteiger charge is -2.22. The molecule has 1 unspecified atom stereocenters. The van der Waals surface area contributed by atoms with Crippen molar-refractivity contribution in [2.75, 3.05) is 13.7 Å². The number of hydrogen-bond acceptors (Lipinski definition) is 2. The lowest BCUT2D eigenvalue weighted by Crippen LogP contribution is -2.10. The van der Waals surface area contributed by atoms with Gasteiger partial charge in [0.25, 0.3) is 0 Å². The van der Waals surface area contributed by atoms with Crippen LogP contribution in [-0.2, 0) is 4.74 Å². The van der Waals surface area contributed by atoms with Crippen LogP contribution in [0.5, 0.6) is 5.75 Å². The summed E-state index contributed by atoms with van der Waals surface area (Å²) >= 11 is 0. The molecule has 0 amide bonds. The molecule has 2 rings (SSSR count). The zero-order valence-corrected chi connectivity index (χ0v) is 9.19. The normalized spacial score (nSPS) is 20.9. The van der Waals surface area contributed by atoms with Crippen molar-refractivity contribution in [3.8, 4) is 5.75 Å². The molecule has 2 heteroatoms. The number of benzene rings is 1. The summed E-state index contributed by atoms with van der Waals surface area (Å²) in [6, 6.07) is 8.09. The first-order chi connectivity index (χ1) is 7.29. The molecular weight excluding hydrogens is 188 g/mol. The molecule has 1 atom stereocenters. The molecule has 0 fully saturated rings. The van der Waals surface area contributed by atoms with Crippen molar-refractivity contribution < 1.29 is 9.47 Å². The summed E-state index contributed by atoms with van der Waals surface area (Å²) in [6.45, 7) is 2.86. The van der Waals surface area contributed by atoms with E-state index in [0.717, 1.165) is 12.2 Å². The molecule has 0 radical (unpaired) electrons. The number of methoxy groups -OCH3 is 1. The van der Waals surface area contributed by atoms with Crippen LogP contribution in [-0.4, -0.2) is 13.7 Å². The van der Waals surface area contributed by atoms with Crippen LogP contribution in [0.15, 0.2) is 35.9 Å². The molecular formula is C13H16O2. The van der Waals surface area contributed by atoms with Crippen LogP contribution >= 0.6 is 0 Å². The van der Waals surface area contributed by atoms with Crippen molar-refractivity contribution in [1.82, 2.24) is 0 Å². The number of rotatable bonds is 2. The van der Waals surface area contributed by atoms with Gasteiger partial charge in [-0.25, -0.2) is 0 Å². The highest BCUT2D eigenvalue weighted by molar-refractivity contribution is 5.31. The number of ether oxygens (including phenoxy) is 2. The van der Waals surface area contributed by atoms with E-state index in [1.165, 1.54) is 11.1 Å². The van der Waals surface area contributed by atoms with E-state index in [4.69, 9.17) is 9.47 Å². The standard InChI is InChI=1S/C13H16O2/c1-10-6-7-15-13(8-10)11-4-3-5-12(9-11)14-2/h3-6,9,13H,7-8H2,1-2H3. The molecule has 0 aromatic heterocycles. The van der Waals surface area contributed by atoms with Crippen molar-refractivity contribution in [1.29, 1.82) is 0 Å². The minimum atomic E-state index is 0.185. The van der Waals surface area contributed by atoms with Crippen molar-refractivity contribution in [2.45, 2.75) is 19.4 Å². The Kier molecular flexibility index (Phi) is 3.07. The fraction of sp³-hybridized carbons (Fsp3) is 0.385. The molecule has 0 N–H and O–H groups in total. The van der Waals surface area contributed by atoms with E-state index in [9.17, 15) is 0 Å². The Balaban J connectivity index is 2.18. The van der Waals surface area contributed by atoms with Crippen LogP contribution in [0, 0.1) is 0 Å². The molecule has 0 saturated heterocycles. The van der Waals surface area contributed by atoms with Gasteiger partial charge in [0.2, 0.25) is 0 Å². The largest absolute Gasteiger partial charge is 0.497 e. The maximum atomic E-state index is 5.70. The highest BCUT2D eigenvalue weighted by atomic mass is 16.5. The predicted octanol–water partition coefficient (Wildman–Crippen LogP) is 3.10. The van der Waals surface area contributed by atoms with Crippen LogP contribution in [0.2, 0.25) is 0 Å². The molecule has 0 spiro atoms. The molecule has 1 aromatic carbocycles. The minimum absolute atomic E-state index is 0.185. The fourth-order valence-electron chi connectivity index (χ4n) is 1.80. The van der Waals surface area contributed by atoms with Gasteiger partial charge in [-0.2, -0.15) is 0 Å². The van der Waals surface area contributed by atoms with E-state index in [-0.39, 0.29) is 6.10 Å². The SMILES string of the molecule is COc1cccc(C2CC(C)=CCO2)c1. The van der Waals surface area contributed by atoms with Crippen LogP contribution in [0.3, 0.4) is 0 Å². The molecule has 1 aromatic rings. The van der Waals surface area contributed by atoms with Crippen molar-refractivity contribution in [2.24, 2.45) is 0 Å². The predicted molar refractivity (Wildman–Crippen MR) is 60.1 cm³/mol. The first kappa shape index (κ1) is 10.2. The van der Waals surface area contributed by atoms with E-state index >= 15 is 0 Å². The fourth-order valence-corrected chi connectivity index (χ4v) is 1.80. The molecule has 0 bridgehead atoms. The summed E-state index contributed by atoms with van der Waals surface area (Å²) in [6.07, 6.45) is 3.30. The Morgan fingerprint density at radius 1 is 1.40 bits per heavy atom. The van der Waals surface area contributed by atoms with Crippen molar-refractivity contribution in [3.05, 3.63) is 41.5 Å². The zero-order chi connectivity index (χ0) is 10.7. The summed E-state index contributed by atoms with van der Waals surface area (Å²) in [4.78, 5) is 0. The van der Waals surface area contributed by atoms with Crippen molar-refractivity contribution in [3.63, 3.8) is 0 Å². The zero-order valence-electron chi connectivity index (χ0n) is 9.19. The van der Waals surface area contributed by atoms with Crippen LogP contribution < -0.4 is 4.74 Å². The Morgan fingerprint density at radius 2 is 2.27 bits per heavy atom. The van der Waals surface area contributed by atoms with Crippen LogP contribution in [0.4, 0.5) is 0 Å². The molecule has 0 saturated carbocycles. The Bertz CT molecular complexity index is 369. The average molecular weight is 204 g/mol. The smallest absolute Gasteiger partial charge is 0.119 e. The number of hydrogen-bond donors (Lipinski definition) is 0. The van der Waals surface area contributed by atoms with Gasteiger partial charge in [0, 0.05) is 0 Å². The second kappa shape index (κ2) is 4.49. The van der Waals surface area contributed by atoms with E-state index in [1.807, 2.05) is 18.2 Å². The minimum Gasteiger partial charge on any atom is -0.497 e. The van der Waals surface area contributed by atoms with Gasteiger partial charge in [-0.3, -0.25) is 0 Å². The van der Waals surface area contributed by atoms with Gasteiger partial charge in [-0.1, -0.05) is 23.8 Å². The molecule has 1 aliphatic rings. The summed E-state index contributed by atoms with van der Waals surface area (Å²) in [5.74, 6) is 0.892.